The van der Waals surface area contributed by atoms with Crippen molar-refractivity contribution in [3.8, 4) is 0 Å². The van der Waals surface area contributed by atoms with Gasteiger partial charge in [-0.2, -0.15) is 0 Å². The molecule has 1 amide bonds. The molecule has 0 radical (unpaired) electrons. The highest BCUT2D eigenvalue weighted by Gasteiger charge is 2.39. The van der Waals surface area contributed by atoms with Crippen molar-refractivity contribution < 1.29 is 19.1 Å². The number of carboxylic acid groups (broad SMARTS) is 1. The van der Waals surface area contributed by atoms with Crippen LogP contribution in [0.1, 0.15) is 21.7 Å². The van der Waals surface area contributed by atoms with Crippen molar-refractivity contribution in [1.82, 2.24) is 10.3 Å². The number of para-hydroxylation sites is 1. The van der Waals surface area contributed by atoms with Crippen LogP contribution in [0.5, 0.6) is 0 Å². The minimum absolute atomic E-state index is 0.157. The molecule has 7 heteroatoms. The maximum absolute atomic E-state index is 12.8. The van der Waals surface area contributed by atoms with Crippen molar-refractivity contribution in [2.24, 2.45) is 5.92 Å². The second kappa shape index (κ2) is 7.59. The van der Waals surface area contributed by atoms with E-state index in [0.717, 1.165) is 27.4 Å². The number of carbonyl (C=O) groups excluding carboxylic acids is 1. The van der Waals surface area contributed by atoms with Gasteiger partial charge in [-0.05, 0) is 47.2 Å². The second-order valence-electron chi connectivity index (χ2n) is 7.40. The maximum atomic E-state index is 12.8. The van der Waals surface area contributed by atoms with Crippen LogP contribution in [-0.4, -0.2) is 27.3 Å². The van der Waals surface area contributed by atoms with Gasteiger partial charge in [-0.1, -0.05) is 36.4 Å². The summed E-state index contributed by atoms with van der Waals surface area (Å²) < 4.78 is 5.62. The molecule has 0 spiro atoms. The maximum Gasteiger partial charge on any atom is 0.314 e. The number of furan rings is 1. The molecule has 2 N–H and O–H groups in total. The molecule has 31 heavy (non-hydrogen) atoms. The van der Waals surface area contributed by atoms with Gasteiger partial charge in [0.25, 0.3) is 5.91 Å². The van der Waals surface area contributed by atoms with Gasteiger partial charge in [0.05, 0.1) is 10.9 Å². The number of aryl methyl sites for hydroxylation is 1. The standard InChI is InChI=1S/C24H18N2O4S/c1-13-8-9-15(16-6-4-10-25-21(13)16)17-12-31-23(20(17)24(28)29)26-22(27)19-11-14-5-2-3-7-18(14)30-19/h2-12,20,23H,1H3,(H,26,27)(H,28,29). The highest BCUT2D eigenvalue weighted by Crippen LogP contribution is 2.42. The SMILES string of the molecule is Cc1ccc(C2=CSC(NC(=O)c3cc4ccccc4o3)C2C(=O)O)c2cccnc12. The molecule has 0 bridgehead atoms. The topological polar surface area (TPSA) is 92.4 Å². The fourth-order valence-corrected chi connectivity index (χ4v) is 5.09. The fourth-order valence-electron chi connectivity index (χ4n) is 3.93. The Balaban J connectivity index is 1.46. The van der Waals surface area contributed by atoms with Gasteiger partial charge < -0.3 is 14.8 Å². The first-order valence-electron chi connectivity index (χ1n) is 9.75. The number of rotatable bonds is 4. The van der Waals surface area contributed by atoms with E-state index in [0.29, 0.717) is 11.2 Å². The lowest BCUT2D eigenvalue weighted by atomic mass is 9.90. The van der Waals surface area contributed by atoms with Gasteiger partial charge in [0, 0.05) is 17.0 Å². The minimum atomic E-state index is -0.997. The molecule has 5 rings (SSSR count). The molecule has 6 nitrogen and oxygen atoms in total. The number of hydrogen-bond donors (Lipinski definition) is 2. The number of aliphatic carboxylic acids is 1. The summed E-state index contributed by atoms with van der Waals surface area (Å²) in [5, 5.41) is 15.7. The van der Waals surface area contributed by atoms with Crippen molar-refractivity contribution in [2.75, 3.05) is 0 Å². The van der Waals surface area contributed by atoms with E-state index in [-0.39, 0.29) is 5.76 Å². The molecule has 2 atom stereocenters. The number of hydrogen-bond acceptors (Lipinski definition) is 5. The monoisotopic (exact) mass is 430 g/mol. The van der Waals surface area contributed by atoms with Gasteiger partial charge in [-0.25, -0.2) is 0 Å². The Bertz CT molecular complexity index is 1340. The van der Waals surface area contributed by atoms with Gasteiger partial charge in [-0.15, -0.1) is 11.8 Å². The summed E-state index contributed by atoms with van der Waals surface area (Å²) in [5.41, 5.74) is 3.94. The van der Waals surface area contributed by atoms with E-state index in [1.807, 2.05) is 54.8 Å². The van der Waals surface area contributed by atoms with Crippen LogP contribution in [0, 0.1) is 12.8 Å². The predicted octanol–water partition coefficient (Wildman–Crippen LogP) is 4.83. The summed E-state index contributed by atoms with van der Waals surface area (Å²) in [6, 6.07) is 16.6. The van der Waals surface area contributed by atoms with Crippen molar-refractivity contribution >= 4 is 51.1 Å². The summed E-state index contributed by atoms with van der Waals surface area (Å²) in [4.78, 5) is 29.5. The number of pyridine rings is 1. The third kappa shape index (κ3) is 3.37. The van der Waals surface area contributed by atoms with Crippen LogP contribution in [0.25, 0.3) is 27.4 Å². The lowest BCUT2D eigenvalue weighted by molar-refractivity contribution is -0.139. The van der Waals surface area contributed by atoms with Gasteiger partial charge in [-0.3, -0.25) is 14.6 Å². The average Bonchev–Trinajstić information content (AvgIpc) is 3.38. The fraction of sp³-hybridized carbons (Fsp3) is 0.125. The van der Waals surface area contributed by atoms with E-state index in [4.69, 9.17) is 4.42 Å². The Hall–Kier alpha value is -3.58. The Morgan fingerprint density at radius 2 is 1.97 bits per heavy atom. The summed E-state index contributed by atoms with van der Waals surface area (Å²) in [5.74, 6) is -2.18. The van der Waals surface area contributed by atoms with Gasteiger partial charge in [0.2, 0.25) is 0 Å². The molecule has 3 heterocycles. The molecule has 1 aliphatic heterocycles. The summed E-state index contributed by atoms with van der Waals surface area (Å²) >= 11 is 1.29. The van der Waals surface area contributed by atoms with Crippen LogP contribution in [0.2, 0.25) is 0 Å². The molecule has 0 saturated heterocycles. The van der Waals surface area contributed by atoms with Crippen LogP contribution in [0.3, 0.4) is 0 Å². The molecular weight excluding hydrogens is 412 g/mol. The molecule has 4 aromatic rings. The van der Waals surface area contributed by atoms with Crippen molar-refractivity contribution in [3.05, 3.63) is 83.1 Å². The van der Waals surface area contributed by atoms with Crippen LogP contribution in [-0.2, 0) is 4.79 Å². The molecule has 2 aromatic carbocycles. The predicted molar refractivity (Wildman–Crippen MR) is 121 cm³/mol. The van der Waals surface area contributed by atoms with Crippen LogP contribution in [0.4, 0.5) is 0 Å². The number of benzene rings is 2. The Kier molecular flexibility index (Phi) is 4.75. The Morgan fingerprint density at radius 1 is 1.13 bits per heavy atom. The number of fused-ring (bicyclic) bond motifs is 2. The van der Waals surface area contributed by atoms with Crippen molar-refractivity contribution in [3.63, 3.8) is 0 Å². The van der Waals surface area contributed by atoms with Crippen LogP contribution in [0.15, 0.2) is 70.6 Å². The van der Waals surface area contributed by atoms with Crippen LogP contribution < -0.4 is 5.32 Å². The molecule has 0 aliphatic carbocycles. The van der Waals surface area contributed by atoms with E-state index in [1.165, 1.54) is 11.8 Å². The quantitative estimate of drug-likeness (QED) is 0.482. The zero-order valence-electron chi connectivity index (χ0n) is 16.5. The average molecular weight is 430 g/mol. The number of carbonyl (C=O) groups is 2. The number of carboxylic acids is 1. The number of nitrogens with zero attached hydrogens (tertiary/aromatic N) is 1. The normalized spacial score (nSPS) is 18.3. The largest absolute Gasteiger partial charge is 0.481 e. The summed E-state index contributed by atoms with van der Waals surface area (Å²) in [6.45, 7) is 1.97. The van der Waals surface area contributed by atoms with Gasteiger partial charge in [0.1, 0.15) is 11.5 Å². The van der Waals surface area contributed by atoms with E-state index < -0.39 is 23.2 Å². The molecule has 2 aromatic heterocycles. The zero-order chi connectivity index (χ0) is 21.5. The van der Waals surface area contributed by atoms with E-state index in [9.17, 15) is 14.7 Å². The van der Waals surface area contributed by atoms with E-state index >= 15 is 0 Å². The number of amides is 1. The third-order valence-electron chi connectivity index (χ3n) is 5.45. The second-order valence-corrected chi connectivity index (χ2v) is 8.41. The lowest BCUT2D eigenvalue weighted by Crippen LogP contribution is -2.39. The molecule has 1 aliphatic rings. The molecule has 0 saturated carbocycles. The number of aromatic nitrogens is 1. The summed E-state index contributed by atoms with van der Waals surface area (Å²) in [6.07, 6.45) is 1.72. The Morgan fingerprint density at radius 3 is 2.77 bits per heavy atom. The van der Waals surface area contributed by atoms with Gasteiger partial charge >= 0.3 is 5.97 Å². The molecular formula is C24H18N2O4S. The molecule has 2 unspecified atom stereocenters. The first kappa shape index (κ1) is 19.4. The third-order valence-corrected chi connectivity index (χ3v) is 6.52. The van der Waals surface area contributed by atoms with Crippen molar-refractivity contribution in [2.45, 2.75) is 12.3 Å². The highest BCUT2D eigenvalue weighted by atomic mass is 32.2. The Labute approximate surface area is 182 Å². The van der Waals surface area contributed by atoms with Gasteiger partial charge in [0.15, 0.2) is 5.76 Å². The summed E-state index contributed by atoms with van der Waals surface area (Å²) in [7, 11) is 0. The van der Waals surface area contributed by atoms with E-state index in [1.54, 1.807) is 18.3 Å². The van der Waals surface area contributed by atoms with Crippen molar-refractivity contribution in [1.29, 1.82) is 0 Å². The number of nitrogens with one attached hydrogen (secondary N) is 1. The minimum Gasteiger partial charge on any atom is -0.481 e. The van der Waals surface area contributed by atoms with E-state index in [2.05, 4.69) is 10.3 Å². The van der Waals surface area contributed by atoms with Crippen LogP contribution >= 0.6 is 11.8 Å². The molecule has 154 valence electrons. The first-order chi connectivity index (χ1) is 15.0. The molecule has 0 fully saturated rings. The number of thioether (sulfide) groups is 1. The lowest BCUT2D eigenvalue weighted by Gasteiger charge is -2.20. The zero-order valence-corrected chi connectivity index (χ0v) is 17.3. The first-order valence-corrected chi connectivity index (χ1v) is 10.7. The highest BCUT2D eigenvalue weighted by molar-refractivity contribution is 8.03. The smallest absolute Gasteiger partial charge is 0.314 e.